The summed E-state index contributed by atoms with van der Waals surface area (Å²) >= 11 is 0. The van der Waals surface area contributed by atoms with E-state index in [0.29, 0.717) is 35.9 Å². The van der Waals surface area contributed by atoms with Crippen molar-refractivity contribution in [2.45, 2.75) is 12.8 Å². The second-order valence-electron chi connectivity index (χ2n) is 5.62. The van der Waals surface area contributed by atoms with Gasteiger partial charge in [0.1, 0.15) is 6.33 Å². The van der Waals surface area contributed by atoms with Crippen LogP contribution < -0.4 is 14.8 Å². The molecule has 2 N–H and O–H groups in total. The predicted molar refractivity (Wildman–Crippen MR) is 98.3 cm³/mol. The molecule has 0 saturated heterocycles. The minimum absolute atomic E-state index is 0.0791. The first kappa shape index (κ1) is 17.5. The van der Waals surface area contributed by atoms with Crippen molar-refractivity contribution in [3.63, 3.8) is 0 Å². The molecule has 0 aliphatic heterocycles. The normalized spacial score (nSPS) is 10.4. The number of amides is 1. The highest BCUT2D eigenvalue weighted by molar-refractivity contribution is 5.91. The number of para-hydroxylation sites is 1. The molecule has 26 heavy (non-hydrogen) atoms. The average Bonchev–Trinajstić information content (AvgIpc) is 3.21. The van der Waals surface area contributed by atoms with E-state index in [4.69, 9.17) is 9.47 Å². The van der Waals surface area contributed by atoms with Crippen LogP contribution >= 0.6 is 0 Å². The number of anilines is 1. The molecular weight excluding hydrogens is 332 g/mol. The molecule has 7 heteroatoms. The van der Waals surface area contributed by atoms with Gasteiger partial charge in [-0.05, 0) is 30.2 Å². The highest BCUT2D eigenvalue weighted by Crippen LogP contribution is 2.31. The summed E-state index contributed by atoms with van der Waals surface area (Å²) in [6.45, 7) is 0. The van der Waals surface area contributed by atoms with Gasteiger partial charge in [0.05, 0.1) is 14.2 Å². The maximum Gasteiger partial charge on any atom is 0.224 e. The number of nitrogens with one attached hydrogen (secondary N) is 2. The Morgan fingerprint density at radius 2 is 2.00 bits per heavy atom. The van der Waals surface area contributed by atoms with Crippen molar-refractivity contribution < 1.29 is 14.3 Å². The standard InChI is InChI=1S/C19H20N4O3/c1-25-16-8-4-5-13(18(16)26-2)9-10-17(24)22-15-7-3-6-14(11-15)19-20-12-21-23-19/h3-8,11-12H,9-10H2,1-2H3,(H,22,24)(H,20,21,23). The number of carbonyl (C=O) groups is 1. The number of hydrogen-bond acceptors (Lipinski definition) is 5. The maximum atomic E-state index is 12.3. The Hall–Kier alpha value is -3.35. The Morgan fingerprint density at radius 1 is 1.15 bits per heavy atom. The van der Waals surface area contributed by atoms with Gasteiger partial charge in [-0.25, -0.2) is 4.98 Å². The molecule has 2 aromatic carbocycles. The lowest BCUT2D eigenvalue weighted by Gasteiger charge is -2.12. The van der Waals surface area contributed by atoms with Crippen molar-refractivity contribution in [1.29, 1.82) is 0 Å². The zero-order chi connectivity index (χ0) is 18.4. The number of benzene rings is 2. The highest BCUT2D eigenvalue weighted by Gasteiger charge is 2.11. The molecule has 0 radical (unpaired) electrons. The number of aryl methyl sites for hydroxylation is 1. The van der Waals surface area contributed by atoms with Gasteiger partial charge in [-0.3, -0.25) is 9.89 Å². The van der Waals surface area contributed by atoms with Crippen LogP contribution in [0.5, 0.6) is 11.5 Å². The Morgan fingerprint density at radius 3 is 2.73 bits per heavy atom. The van der Waals surface area contributed by atoms with E-state index in [1.54, 1.807) is 14.2 Å². The van der Waals surface area contributed by atoms with Crippen molar-refractivity contribution in [3.8, 4) is 22.9 Å². The fourth-order valence-corrected chi connectivity index (χ4v) is 2.71. The van der Waals surface area contributed by atoms with Crippen molar-refractivity contribution in [3.05, 3.63) is 54.4 Å². The fourth-order valence-electron chi connectivity index (χ4n) is 2.71. The number of ether oxygens (including phenoxy) is 2. The Kier molecular flexibility index (Phi) is 5.48. The van der Waals surface area contributed by atoms with Gasteiger partial charge in [-0.1, -0.05) is 24.3 Å². The molecule has 0 aliphatic rings. The quantitative estimate of drug-likeness (QED) is 0.682. The van der Waals surface area contributed by atoms with Crippen LogP contribution in [0.2, 0.25) is 0 Å². The van der Waals surface area contributed by atoms with E-state index >= 15 is 0 Å². The third-order valence-electron chi connectivity index (χ3n) is 3.94. The van der Waals surface area contributed by atoms with Crippen LogP contribution in [0, 0.1) is 0 Å². The van der Waals surface area contributed by atoms with Crippen molar-refractivity contribution in [2.75, 3.05) is 19.5 Å². The van der Waals surface area contributed by atoms with Crippen LogP contribution in [0.1, 0.15) is 12.0 Å². The second-order valence-corrected chi connectivity index (χ2v) is 5.62. The van der Waals surface area contributed by atoms with Crippen LogP contribution in [-0.2, 0) is 11.2 Å². The van der Waals surface area contributed by atoms with Gasteiger partial charge in [-0.15, -0.1) is 0 Å². The summed E-state index contributed by atoms with van der Waals surface area (Å²) in [7, 11) is 3.19. The summed E-state index contributed by atoms with van der Waals surface area (Å²) in [5.41, 5.74) is 2.49. The summed E-state index contributed by atoms with van der Waals surface area (Å²) in [6, 6.07) is 13.1. The molecule has 7 nitrogen and oxygen atoms in total. The van der Waals surface area contributed by atoms with Gasteiger partial charge < -0.3 is 14.8 Å². The lowest BCUT2D eigenvalue weighted by atomic mass is 10.1. The van der Waals surface area contributed by atoms with Gasteiger partial charge in [-0.2, -0.15) is 5.10 Å². The highest BCUT2D eigenvalue weighted by atomic mass is 16.5. The molecule has 0 bridgehead atoms. The van der Waals surface area contributed by atoms with E-state index in [1.807, 2.05) is 42.5 Å². The third kappa shape index (κ3) is 4.00. The summed E-state index contributed by atoms with van der Waals surface area (Å²) in [5, 5.41) is 9.55. The summed E-state index contributed by atoms with van der Waals surface area (Å²) in [6.07, 6.45) is 2.33. The van der Waals surface area contributed by atoms with Crippen LogP contribution in [0.4, 0.5) is 5.69 Å². The number of rotatable bonds is 7. The minimum Gasteiger partial charge on any atom is -0.493 e. The average molecular weight is 352 g/mol. The molecule has 0 aliphatic carbocycles. The first-order valence-electron chi connectivity index (χ1n) is 8.16. The van der Waals surface area contributed by atoms with Crippen molar-refractivity contribution in [2.24, 2.45) is 0 Å². The molecule has 134 valence electrons. The largest absolute Gasteiger partial charge is 0.493 e. The first-order chi connectivity index (χ1) is 12.7. The van der Waals surface area contributed by atoms with Gasteiger partial charge in [0.2, 0.25) is 5.91 Å². The fraction of sp³-hybridized carbons (Fsp3) is 0.211. The molecule has 3 aromatic rings. The molecular formula is C19H20N4O3. The number of hydrogen-bond donors (Lipinski definition) is 2. The number of aromatic nitrogens is 3. The lowest BCUT2D eigenvalue weighted by molar-refractivity contribution is -0.116. The van der Waals surface area contributed by atoms with Crippen molar-refractivity contribution in [1.82, 2.24) is 15.2 Å². The smallest absolute Gasteiger partial charge is 0.224 e. The number of methoxy groups -OCH3 is 2. The molecule has 1 heterocycles. The van der Waals surface area contributed by atoms with Crippen LogP contribution in [0.25, 0.3) is 11.4 Å². The SMILES string of the molecule is COc1cccc(CCC(=O)Nc2cccc(-c3ncn[nH]3)c2)c1OC. The Labute approximate surface area is 151 Å². The van der Waals surface area contributed by atoms with Crippen LogP contribution in [0.3, 0.4) is 0 Å². The molecule has 0 fully saturated rings. The third-order valence-corrected chi connectivity index (χ3v) is 3.94. The van der Waals surface area contributed by atoms with E-state index < -0.39 is 0 Å². The minimum atomic E-state index is -0.0791. The first-order valence-corrected chi connectivity index (χ1v) is 8.16. The number of carbonyl (C=O) groups excluding carboxylic acids is 1. The Balaban J connectivity index is 1.64. The zero-order valence-corrected chi connectivity index (χ0v) is 14.7. The van der Waals surface area contributed by atoms with Crippen LogP contribution in [-0.4, -0.2) is 35.3 Å². The molecule has 1 amide bonds. The molecule has 0 spiro atoms. The topological polar surface area (TPSA) is 89.1 Å². The zero-order valence-electron chi connectivity index (χ0n) is 14.7. The molecule has 0 saturated carbocycles. The summed E-state index contributed by atoms with van der Waals surface area (Å²) in [5.74, 6) is 1.90. The van der Waals surface area contributed by atoms with E-state index in [-0.39, 0.29) is 5.91 Å². The lowest BCUT2D eigenvalue weighted by Crippen LogP contribution is -2.12. The van der Waals surface area contributed by atoms with Gasteiger partial charge in [0, 0.05) is 17.7 Å². The summed E-state index contributed by atoms with van der Waals surface area (Å²) in [4.78, 5) is 16.4. The molecule has 0 unspecified atom stereocenters. The maximum absolute atomic E-state index is 12.3. The number of nitrogens with zero attached hydrogens (tertiary/aromatic N) is 2. The number of H-pyrrole nitrogens is 1. The van der Waals surface area contributed by atoms with Gasteiger partial charge in [0.25, 0.3) is 0 Å². The second kappa shape index (κ2) is 8.15. The monoisotopic (exact) mass is 352 g/mol. The Bertz CT molecular complexity index is 878. The summed E-state index contributed by atoms with van der Waals surface area (Å²) < 4.78 is 10.7. The predicted octanol–water partition coefficient (Wildman–Crippen LogP) is 3.06. The van der Waals surface area contributed by atoms with E-state index in [9.17, 15) is 4.79 Å². The molecule has 3 rings (SSSR count). The van der Waals surface area contributed by atoms with Crippen LogP contribution in [0.15, 0.2) is 48.8 Å². The van der Waals surface area contributed by atoms with E-state index in [2.05, 4.69) is 20.5 Å². The number of aromatic amines is 1. The van der Waals surface area contributed by atoms with Crippen molar-refractivity contribution >= 4 is 11.6 Å². The van der Waals surface area contributed by atoms with E-state index in [0.717, 1.165) is 11.1 Å². The molecule has 1 aromatic heterocycles. The van der Waals surface area contributed by atoms with E-state index in [1.165, 1.54) is 6.33 Å². The van der Waals surface area contributed by atoms with Gasteiger partial charge >= 0.3 is 0 Å². The van der Waals surface area contributed by atoms with Gasteiger partial charge in [0.15, 0.2) is 17.3 Å². The molecule has 0 atom stereocenters.